The zero-order valence-electron chi connectivity index (χ0n) is 18.8. The van der Waals surface area contributed by atoms with Gasteiger partial charge < -0.3 is 14.7 Å². The van der Waals surface area contributed by atoms with Gasteiger partial charge in [-0.2, -0.15) is 0 Å². The van der Waals surface area contributed by atoms with E-state index in [4.69, 9.17) is 0 Å². The normalized spacial score (nSPS) is 26.1. The van der Waals surface area contributed by atoms with E-state index in [2.05, 4.69) is 18.7 Å². The van der Waals surface area contributed by atoms with E-state index < -0.39 is 0 Å². The van der Waals surface area contributed by atoms with Crippen molar-refractivity contribution in [1.29, 1.82) is 0 Å². The number of rotatable bonds is 6. The second-order valence-corrected chi connectivity index (χ2v) is 9.64. The molecule has 3 heterocycles. The van der Waals surface area contributed by atoms with E-state index in [1.807, 2.05) is 41.1 Å². The topological polar surface area (TPSA) is 43.9 Å². The summed E-state index contributed by atoms with van der Waals surface area (Å²) in [5, 5.41) is 0. The van der Waals surface area contributed by atoms with Crippen LogP contribution in [0.25, 0.3) is 0 Å². The zero-order valence-corrected chi connectivity index (χ0v) is 18.8. The van der Waals surface area contributed by atoms with Gasteiger partial charge in [0.05, 0.1) is 0 Å². The first-order valence-corrected chi connectivity index (χ1v) is 11.9. The van der Waals surface area contributed by atoms with Gasteiger partial charge in [-0.25, -0.2) is 0 Å². The molecular weight excluding hydrogens is 374 g/mol. The van der Waals surface area contributed by atoms with Crippen LogP contribution in [0.4, 0.5) is 0 Å². The lowest BCUT2D eigenvalue weighted by molar-refractivity contribution is -0.138. The lowest BCUT2D eigenvalue weighted by atomic mass is 9.83. The highest BCUT2D eigenvalue weighted by Crippen LogP contribution is 2.33. The summed E-state index contributed by atoms with van der Waals surface area (Å²) in [6.07, 6.45) is 7.21. The molecule has 0 bridgehead atoms. The van der Waals surface area contributed by atoms with Crippen LogP contribution < -0.4 is 0 Å². The van der Waals surface area contributed by atoms with Crippen LogP contribution >= 0.6 is 0 Å². The van der Waals surface area contributed by atoms with E-state index in [1.165, 1.54) is 45.2 Å². The first-order chi connectivity index (χ1) is 14.5. The minimum absolute atomic E-state index is 0.00812. The van der Waals surface area contributed by atoms with E-state index in [0.717, 1.165) is 24.1 Å². The molecule has 0 N–H and O–H groups in total. The monoisotopic (exact) mass is 411 g/mol. The number of piperidine rings is 2. The van der Waals surface area contributed by atoms with Crippen LogP contribution in [0.3, 0.4) is 0 Å². The number of fused-ring (bicyclic) bond motifs is 2. The van der Waals surface area contributed by atoms with Crippen LogP contribution in [-0.2, 0) is 11.3 Å². The SMILES string of the molecule is CCC(C)C(C(=O)N(C)CC1CCCN2CCCCC12)N1Cc2ccccc2C1=O. The number of nitrogens with zero attached hydrogens (tertiary/aromatic N) is 3. The van der Waals surface area contributed by atoms with Crippen LogP contribution in [0.2, 0.25) is 0 Å². The van der Waals surface area contributed by atoms with E-state index in [-0.39, 0.29) is 23.8 Å². The highest BCUT2D eigenvalue weighted by molar-refractivity contribution is 6.01. The molecule has 1 aromatic carbocycles. The molecule has 4 unspecified atom stereocenters. The number of hydrogen-bond donors (Lipinski definition) is 0. The molecule has 2 saturated heterocycles. The van der Waals surface area contributed by atoms with Crippen LogP contribution in [0.15, 0.2) is 24.3 Å². The molecule has 2 fully saturated rings. The molecule has 3 aliphatic rings. The summed E-state index contributed by atoms with van der Waals surface area (Å²) < 4.78 is 0. The molecule has 2 amide bonds. The van der Waals surface area contributed by atoms with Crippen LogP contribution in [0.5, 0.6) is 0 Å². The Morgan fingerprint density at radius 3 is 2.70 bits per heavy atom. The number of benzene rings is 1. The van der Waals surface area contributed by atoms with Crippen molar-refractivity contribution < 1.29 is 9.59 Å². The van der Waals surface area contributed by atoms with Crippen molar-refractivity contribution in [3.05, 3.63) is 35.4 Å². The smallest absolute Gasteiger partial charge is 0.255 e. The van der Waals surface area contributed by atoms with E-state index in [9.17, 15) is 9.59 Å². The third-order valence-electron chi connectivity index (χ3n) is 7.73. The first kappa shape index (κ1) is 21.4. The molecule has 0 saturated carbocycles. The summed E-state index contributed by atoms with van der Waals surface area (Å²) in [7, 11) is 1.95. The first-order valence-electron chi connectivity index (χ1n) is 11.9. The van der Waals surface area contributed by atoms with Crippen molar-refractivity contribution >= 4 is 11.8 Å². The van der Waals surface area contributed by atoms with Crippen molar-refractivity contribution in [2.45, 2.75) is 71.0 Å². The Morgan fingerprint density at radius 2 is 1.93 bits per heavy atom. The maximum absolute atomic E-state index is 13.7. The highest BCUT2D eigenvalue weighted by Gasteiger charge is 2.41. The van der Waals surface area contributed by atoms with Crippen LogP contribution in [-0.4, -0.2) is 65.3 Å². The van der Waals surface area contributed by atoms with Crippen molar-refractivity contribution in [1.82, 2.24) is 14.7 Å². The average Bonchev–Trinajstić information content (AvgIpc) is 3.10. The van der Waals surface area contributed by atoms with Crippen molar-refractivity contribution in [2.24, 2.45) is 11.8 Å². The Kier molecular flexibility index (Phi) is 6.47. The summed E-state index contributed by atoms with van der Waals surface area (Å²) in [5.41, 5.74) is 1.79. The van der Waals surface area contributed by atoms with E-state index in [1.54, 1.807) is 0 Å². The molecule has 5 nitrogen and oxygen atoms in total. The van der Waals surface area contributed by atoms with Crippen molar-refractivity contribution in [3.8, 4) is 0 Å². The predicted octanol–water partition coefficient (Wildman–Crippen LogP) is 3.78. The second-order valence-electron chi connectivity index (χ2n) is 9.64. The number of carbonyl (C=O) groups is 2. The predicted molar refractivity (Wildman–Crippen MR) is 119 cm³/mol. The molecule has 0 spiro atoms. The van der Waals surface area contributed by atoms with Gasteiger partial charge in [0.15, 0.2) is 0 Å². The molecule has 0 aromatic heterocycles. The third-order valence-corrected chi connectivity index (χ3v) is 7.73. The highest BCUT2D eigenvalue weighted by atomic mass is 16.2. The molecule has 0 radical (unpaired) electrons. The number of likely N-dealkylation sites (N-methyl/N-ethyl adjacent to an activating group) is 1. The van der Waals surface area contributed by atoms with Gasteiger partial charge in [0.1, 0.15) is 6.04 Å². The van der Waals surface area contributed by atoms with Gasteiger partial charge in [0.25, 0.3) is 5.91 Å². The van der Waals surface area contributed by atoms with Gasteiger partial charge in [0.2, 0.25) is 5.91 Å². The number of amides is 2. The minimum atomic E-state index is -0.383. The van der Waals surface area contributed by atoms with Crippen LogP contribution in [0.1, 0.15) is 68.3 Å². The second kappa shape index (κ2) is 9.09. The Morgan fingerprint density at radius 1 is 1.17 bits per heavy atom. The summed E-state index contributed by atoms with van der Waals surface area (Å²) in [6, 6.07) is 8.02. The Bertz CT molecular complexity index is 777. The lowest BCUT2D eigenvalue weighted by Crippen LogP contribution is -2.55. The quantitative estimate of drug-likeness (QED) is 0.716. The third kappa shape index (κ3) is 4.01. The van der Waals surface area contributed by atoms with Gasteiger partial charge in [0, 0.05) is 31.7 Å². The Balaban J connectivity index is 1.49. The van der Waals surface area contributed by atoms with Gasteiger partial charge in [-0.05, 0) is 62.2 Å². The average molecular weight is 412 g/mol. The molecule has 4 rings (SSSR count). The number of carbonyl (C=O) groups excluding carboxylic acids is 2. The molecule has 0 aliphatic carbocycles. The maximum atomic E-state index is 13.7. The molecule has 4 atom stereocenters. The van der Waals surface area contributed by atoms with Crippen molar-refractivity contribution in [2.75, 3.05) is 26.7 Å². The van der Waals surface area contributed by atoms with E-state index >= 15 is 0 Å². The standard InChI is InChI=1S/C25H37N3O2/c1-4-18(2)23(28-17-19-10-5-6-12-21(19)24(28)29)25(30)26(3)16-20-11-9-15-27-14-8-7-13-22(20)27/h5-6,10,12,18,20,22-23H,4,7-9,11,13-17H2,1-3H3. The summed E-state index contributed by atoms with van der Waals surface area (Å²) in [4.78, 5) is 33.2. The fourth-order valence-electron chi connectivity index (χ4n) is 5.87. The van der Waals surface area contributed by atoms with Crippen molar-refractivity contribution in [3.63, 3.8) is 0 Å². The Hall–Kier alpha value is -1.88. The summed E-state index contributed by atoms with van der Waals surface area (Å²) in [6.45, 7) is 8.00. The largest absolute Gasteiger partial charge is 0.344 e. The molecular formula is C25H37N3O2. The molecule has 5 heteroatoms. The Labute approximate surface area is 181 Å². The fraction of sp³-hybridized carbons (Fsp3) is 0.680. The van der Waals surface area contributed by atoms with Gasteiger partial charge in [-0.1, -0.05) is 44.9 Å². The summed E-state index contributed by atoms with van der Waals surface area (Å²) >= 11 is 0. The number of hydrogen-bond acceptors (Lipinski definition) is 3. The zero-order chi connectivity index (χ0) is 21.3. The minimum Gasteiger partial charge on any atom is -0.344 e. The molecule has 1 aromatic rings. The summed E-state index contributed by atoms with van der Waals surface area (Å²) in [5.74, 6) is 0.806. The molecule has 164 valence electrons. The van der Waals surface area contributed by atoms with Gasteiger partial charge >= 0.3 is 0 Å². The molecule has 3 aliphatic heterocycles. The van der Waals surface area contributed by atoms with Gasteiger partial charge in [-0.3, -0.25) is 9.59 Å². The van der Waals surface area contributed by atoms with E-state index in [0.29, 0.717) is 18.5 Å². The molecule has 30 heavy (non-hydrogen) atoms. The van der Waals surface area contributed by atoms with Crippen LogP contribution in [0, 0.1) is 11.8 Å². The lowest BCUT2D eigenvalue weighted by Gasteiger charge is -2.46. The van der Waals surface area contributed by atoms with Gasteiger partial charge in [-0.15, -0.1) is 0 Å². The maximum Gasteiger partial charge on any atom is 0.255 e. The fourth-order valence-corrected chi connectivity index (χ4v) is 5.87.